The van der Waals surface area contributed by atoms with Crippen LogP contribution in [0.3, 0.4) is 0 Å². The number of methoxy groups -OCH3 is 1. The quantitative estimate of drug-likeness (QED) is 0.889. The Hall–Kier alpha value is -1.00. The van der Waals surface area contributed by atoms with Crippen LogP contribution in [0, 0.1) is 19.3 Å². The van der Waals surface area contributed by atoms with Gasteiger partial charge in [-0.2, -0.15) is 0 Å². The fourth-order valence-electron chi connectivity index (χ4n) is 2.34. The van der Waals surface area contributed by atoms with E-state index < -0.39 is 0 Å². The molecule has 0 spiro atoms. The Labute approximate surface area is 117 Å². The van der Waals surface area contributed by atoms with Gasteiger partial charge in [0.1, 0.15) is 6.10 Å². The number of hydrogen-bond donors (Lipinski definition) is 1. The summed E-state index contributed by atoms with van der Waals surface area (Å²) in [6.45, 7) is 11.5. The van der Waals surface area contributed by atoms with Crippen molar-refractivity contribution < 1.29 is 4.74 Å². The van der Waals surface area contributed by atoms with Crippen molar-refractivity contribution in [3.05, 3.63) is 22.8 Å². The summed E-state index contributed by atoms with van der Waals surface area (Å²) in [5.74, 6) is 0.790. The molecule has 108 valence electrons. The zero-order chi connectivity index (χ0) is 14.6. The molecular weight excluding hydrogens is 238 g/mol. The molecule has 0 aliphatic heterocycles. The van der Waals surface area contributed by atoms with Gasteiger partial charge in [-0.3, -0.25) is 0 Å². The second kappa shape index (κ2) is 6.44. The monoisotopic (exact) mass is 265 g/mol. The maximum Gasteiger partial charge on any atom is 0.158 e. The fraction of sp³-hybridized carbons (Fsp3) is 0.733. The zero-order valence-corrected chi connectivity index (χ0v) is 13.3. The molecule has 1 aromatic heterocycles. The topological polar surface area (TPSA) is 47.0 Å². The number of aryl methyl sites for hydroxylation is 2. The van der Waals surface area contributed by atoms with Gasteiger partial charge in [-0.25, -0.2) is 9.97 Å². The normalized spacial score (nSPS) is 13.6. The van der Waals surface area contributed by atoms with Gasteiger partial charge in [0.05, 0.1) is 0 Å². The van der Waals surface area contributed by atoms with Gasteiger partial charge in [0.25, 0.3) is 0 Å². The highest BCUT2D eigenvalue weighted by atomic mass is 16.5. The smallest absolute Gasteiger partial charge is 0.158 e. The minimum absolute atomic E-state index is 0.0138. The van der Waals surface area contributed by atoms with E-state index in [1.54, 1.807) is 7.11 Å². The van der Waals surface area contributed by atoms with Crippen LogP contribution in [0.2, 0.25) is 0 Å². The van der Waals surface area contributed by atoms with Crippen LogP contribution in [-0.2, 0) is 11.2 Å². The van der Waals surface area contributed by atoms with E-state index in [0.717, 1.165) is 30.2 Å². The highest BCUT2D eigenvalue weighted by Crippen LogP contribution is 2.34. The van der Waals surface area contributed by atoms with Crippen LogP contribution in [0.25, 0.3) is 0 Å². The first kappa shape index (κ1) is 16.1. The summed E-state index contributed by atoms with van der Waals surface area (Å²) in [4.78, 5) is 9.32. The predicted octanol–water partition coefficient (Wildman–Crippen LogP) is 2.59. The van der Waals surface area contributed by atoms with E-state index in [0.29, 0.717) is 0 Å². The Bertz CT molecular complexity index is 401. The van der Waals surface area contributed by atoms with Gasteiger partial charge in [0, 0.05) is 18.5 Å². The van der Waals surface area contributed by atoms with Crippen molar-refractivity contribution in [1.29, 1.82) is 0 Å². The number of aromatic nitrogens is 2. The lowest BCUT2D eigenvalue weighted by Gasteiger charge is -2.28. The number of rotatable bonds is 5. The standard InChI is InChI=1S/C15H27N3O/c1-10-12(8-9-16-6)11(2)18-14(17-10)13(19-7)15(3,4)5/h13,16H,8-9H2,1-7H3. The summed E-state index contributed by atoms with van der Waals surface area (Å²) >= 11 is 0. The van der Waals surface area contributed by atoms with Crippen LogP contribution in [0.5, 0.6) is 0 Å². The number of nitrogens with one attached hydrogen (secondary N) is 1. The van der Waals surface area contributed by atoms with Crippen LogP contribution in [0.15, 0.2) is 0 Å². The second-order valence-corrected chi connectivity index (χ2v) is 6.07. The molecule has 4 heteroatoms. The van der Waals surface area contributed by atoms with Crippen LogP contribution >= 0.6 is 0 Å². The van der Waals surface area contributed by atoms with E-state index in [9.17, 15) is 0 Å². The van der Waals surface area contributed by atoms with Crippen LogP contribution in [0.4, 0.5) is 0 Å². The highest BCUT2D eigenvalue weighted by Gasteiger charge is 2.29. The van der Waals surface area contributed by atoms with Crippen molar-refractivity contribution in [2.24, 2.45) is 5.41 Å². The van der Waals surface area contributed by atoms with Gasteiger partial charge < -0.3 is 10.1 Å². The SMILES string of the molecule is CNCCc1c(C)nc(C(OC)C(C)(C)C)nc1C. The van der Waals surface area contributed by atoms with Gasteiger partial charge in [0.2, 0.25) is 0 Å². The fourth-order valence-corrected chi connectivity index (χ4v) is 2.34. The van der Waals surface area contributed by atoms with Crippen molar-refractivity contribution in [2.45, 2.75) is 47.1 Å². The van der Waals surface area contributed by atoms with Gasteiger partial charge in [-0.15, -0.1) is 0 Å². The first-order valence-electron chi connectivity index (χ1n) is 6.82. The summed E-state index contributed by atoms with van der Waals surface area (Å²) in [6.07, 6.45) is 0.880. The molecular formula is C15H27N3O. The average Bonchev–Trinajstić information content (AvgIpc) is 2.27. The molecule has 19 heavy (non-hydrogen) atoms. The molecule has 0 saturated heterocycles. The minimum atomic E-state index is -0.0803. The van der Waals surface area contributed by atoms with E-state index in [4.69, 9.17) is 4.74 Å². The molecule has 0 aliphatic carbocycles. The van der Waals surface area contributed by atoms with Crippen molar-refractivity contribution in [3.8, 4) is 0 Å². The van der Waals surface area contributed by atoms with Crippen LogP contribution < -0.4 is 5.32 Å². The number of likely N-dealkylation sites (N-methyl/N-ethyl adjacent to an activating group) is 1. The van der Waals surface area contributed by atoms with Gasteiger partial charge in [-0.1, -0.05) is 20.8 Å². The van der Waals surface area contributed by atoms with Gasteiger partial charge in [0.15, 0.2) is 5.82 Å². The molecule has 0 aliphatic rings. The molecule has 0 saturated carbocycles. The van der Waals surface area contributed by atoms with Gasteiger partial charge >= 0.3 is 0 Å². The predicted molar refractivity (Wildman–Crippen MR) is 78.3 cm³/mol. The first-order chi connectivity index (χ1) is 8.81. The number of nitrogens with zero attached hydrogens (tertiary/aromatic N) is 2. The summed E-state index contributed by atoms with van der Waals surface area (Å²) < 4.78 is 5.59. The molecule has 0 fully saturated rings. The molecule has 4 nitrogen and oxygen atoms in total. The Balaban J connectivity index is 3.12. The van der Waals surface area contributed by atoms with Crippen molar-refractivity contribution in [1.82, 2.24) is 15.3 Å². The number of ether oxygens (including phenoxy) is 1. The lowest BCUT2D eigenvalue weighted by atomic mass is 9.88. The van der Waals surface area contributed by atoms with E-state index in [2.05, 4.69) is 49.9 Å². The lowest BCUT2D eigenvalue weighted by Crippen LogP contribution is -2.24. The maximum absolute atomic E-state index is 5.59. The average molecular weight is 265 g/mol. The molecule has 1 rings (SSSR count). The van der Waals surface area contributed by atoms with Crippen molar-refractivity contribution in [3.63, 3.8) is 0 Å². The third-order valence-electron chi connectivity index (χ3n) is 3.32. The van der Waals surface area contributed by atoms with Crippen LogP contribution in [-0.4, -0.2) is 30.7 Å². The molecule has 0 amide bonds. The Morgan fingerprint density at radius 2 is 1.68 bits per heavy atom. The molecule has 1 aromatic rings. The van der Waals surface area contributed by atoms with Gasteiger partial charge in [-0.05, 0) is 44.8 Å². The molecule has 0 bridgehead atoms. The summed E-state index contributed by atoms with van der Waals surface area (Å²) in [5.41, 5.74) is 3.34. The second-order valence-electron chi connectivity index (χ2n) is 6.07. The largest absolute Gasteiger partial charge is 0.373 e. The summed E-state index contributed by atoms with van der Waals surface area (Å²) in [6, 6.07) is 0. The minimum Gasteiger partial charge on any atom is -0.373 e. The Morgan fingerprint density at radius 3 is 2.05 bits per heavy atom. The van der Waals surface area contributed by atoms with E-state index in [1.165, 1.54) is 5.56 Å². The summed E-state index contributed by atoms with van der Waals surface area (Å²) in [5, 5.41) is 3.16. The zero-order valence-electron chi connectivity index (χ0n) is 13.3. The molecule has 1 unspecified atom stereocenters. The Kier molecular flexibility index (Phi) is 5.44. The third-order valence-corrected chi connectivity index (χ3v) is 3.32. The van der Waals surface area contributed by atoms with E-state index in [-0.39, 0.29) is 11.5 Å². The lowest BCUT2D eigenvalue weighted by molar-refractivity contribution is 0.00840. The molecule has 1 atom stereocenters. The molecule has 1 heterocycles. The molecule has 0 aromatic carbocycles. The molecule has 1 N–H and O–H groups in total. The summed E-state index contributed by atoms with van der Waals surface area (Å²) in [7, 11) is 3.68. The Morgan fingerprint density at radius 1 is 1.16 bits per heavy atom. The van der Waals surface area contributed by atoms with E-state index in [1.807, 2.05) is 7.05 Å². The number of hydrogen-bond acceptors (Lipinski definition) is 4. The van der Waals surface area contributed by atoms with Crippen LogP contribution in [0.1, 0.15) is 49.7 Å². The van der Waals surface area contributed by atoms with E-state index >= 15 is 0 Å². The first-order valence-corrected chi connectivity index (χ1v) is 6.82. The third kappa shape index (κ3) is 3.98. The highest BCUT2D eigenvalue weighted by molar-refractivity contribution is 5.25. The van der Waals surface area contributed by atoms with Crippen molar-refractivity contribution in [2.75, 3.05) is 20.7 Å². The maximum atomic E-state index is 5.59. The molecule has 0 radical (unpaired) electrons. The van der Waals surface area contributed by atoms with Crippen molar-refractivity contribution >= 4 is 0 Å².